The van der Waals surface area contributed by atoms with Crippen LogP contribution in [0.25, 0.3) is 0 Å². The van der Waals surface area contributed by atoms with E-state index in [2.05, 4.69) is 4.98 Å². The van der Waals surface area contributed by atoms with Gasteiger partial charge in [0.2, 0.25) is 0 Å². The van der Waals surface area contributed by atoms with Crippen molar-refractivity contribution in [2.75, 3.05) is 0 Å². The summed E-state index contributed by atoms with van der Waals surface area (Å²) in [5.41, 5.74) is 1.83. The number of ketones is 1. The summed E-state index contributed by atoms with van der Waals surface area (Å²) >= 11 is 13.2. The van der Waals surface area contributed by atoms with E-state index in [0.29, 0.717) is 22.9 Å². The van der Waals surface area contributed by atoms with E-state index in [-0.39, 0.29) is 5.78 Å². The molecule has 2 rings (SSSR count). The number of carbonyl (C=O) groups is 1. The molecule has 0 aliphatic heterocycles. The van der Waals surface area contributed by atoms with Crippen molar-refractivity contribution < 1.29 is 4.79 Å². The van der Waals surface area contributed by atoms with Crippen molar-refractivity contribution in [3.05, 3.63) is 49.9 Å². The van der Waals surface area contributed by atoms with Crippen LogP contribution in [0.3, 0.4) is 0 Å². The minimum atomic E-state index is 0.128. The van der Waals surface area contributed by atoms with E-state index in [9.17, 15) is 4.79 Å². The Hall–Kier alpha value is -0.900. The first-order valence-corrected chi connectivity index (χ1v) is 7.05. The Bertz CT molecular complexity index is 580. The maximum absolute atomic E-state index is 11.9. The molecule has 5 heteroatoms. The molecule has 0 saturated carbocycles. The molecule has 0 N–H and O–H groups in total. The van der Waals surface area contributed by atoms with Gasteiger partial charge >= 0.3 is 0 Å². The second kappa shape index (κ2) is 5.83. The first-order chi connectivity index (χ1) is 8.54. The van der Waals surface area contributed by atoms with Gasteiger partial charge in [0.25, 0.3) is 0 Å². The van der Waals surface area contributed by atoms with Gasteiger partial charge < -0.3 is 0 Å². The predicted molar refractivity (Wildman–Crippen MR) is 75.7 cm³/mol. The van der Waals surface area contributed by atoms with Gasteiger partial charge in [0, 0.05) is 17.5 Å². The quantitative estimate of drug-likeness (QED) is 0.850. The highest BCUT2D eigenvalue weighted by molar-refractivity contribution is 7.09. The number of thiazole rings is 1. The fourth-order valence-electron chi connectivity index (χ4n) is 1.59. The van der Waals surface area contributed by atoms with Gasteiger partial charge in [-0.3, -0.25) is 4.79 Å². The zero-order valence-electron chi connectivity index (χ0n) is 9.74. The molecule has 0 aliphatic rings. The zero-order chi connectivity index (χ0) is 13.1. The van der Waals surface area contributed by atoms with Crippen LogP contribution in [0.5, 0.6) is 0 Å². The third-order valence-corrected chi connectivity index (χ3v) is 4.11. The highest BCUT2D eigenvalue weighted by Gasteiger charge is 2.09. The van der Waals surface area contributed by atoms with Gasteiger partial charge in [-0.05, 0) is 24.6 Å². The van der Waals surface area contributed by atoms with Crippen LogP contribution in [0.15, 0.2) is 23.6 Å². The number of carbonyl (C=O) groups excluding carboxylic acids is 1. The van der Waals surface area contributed by atoms with Crippen molar-refractivity contribution in [2.24, 2.45) is 0 Å². The summed E-state index contributed by atoms with van der Waals surface area (Å²) in [5, 5.41) is 3.79. The SMILES string of the molecule is Cc1csc(CC(=O)Cc2ccc(Cl)c(Cl)c2)n1. The van der Waals surface area contributed by atoms with E-state index >= 15 is 0 Å². The highest BCUT2D eigenvalue weighted by Crippen LogP contribution is 2.23. The van der Waals surface area contributed by atoms with Gasteiger partial charge in [0.1, 0.15) is 10.8 Å². The highest BCUT2D eigenvalue weighted by atomic mass is 35.5. The standard InChI is InChI=1S/C13H11Cl2NOS/c1-8-7-18-13(16-8)6-10(17)4-9-2-3-11(14)12(15)5-9/h2-3,5,7H,4,6H2,1H3. The number of hydrogen-bond acceptors (Lipinski definition) is 3. The van der Waals surface area contributed by atoms with Crippen molar-refractivity contribution in [3.63, 3.8) is 0 Å². The summed E-state index contributed by atoms with van der Waals surface area (Å²) < 4.78 is 0. The van der Waals surface area contributed by atoms with E-state index in [4.69, 9.17) is 23.2 Å². The Morgan fingerprint density at radius 3 is 2.67 bits per heavy atom. The third-order valence-electron chi connectivity index (χ3n) is 2.40. The van der Waals surface area contributed by atoms with Crippen molar-refractivity contribution in [2.45, 2.75) is 19.8 Å². The molecule has 1 aromatic heterocycles. The molecular formula is C13H11Cl2NOS. The second-order valence-corrected chi connectivity index (χ2v) is 5.78. The number of aromatic nitrogens is 1. The Morgan fingerprint density at radius 1 is 1.28 bits per heavy atom. The predicted octanol–water partition coefficient (Wildman–Crippen LogP) is 4.11. The van der Waals surface area contributed by atoms with Crippen LogP contribution in [-0.4, -0.2) is 10.8 Å². The molecule has 0 aliphatic carbocycles. The number of halogens is 2. The maximum Gasteiger partial charge on any atom is 0.144 e. The van der Waals surface area contributed by atoms with Gasteiger partial charge in [0.15, 0.2) is 0 Å². The van der Waals surface area contributed by atoms with Crippen LogP contribution in [0.2, 0.25) is 10.0 Å². The fraction of sp³-hybridized carbons (Fsp3) is 0.231. The number of aryl methyl sites for hydroxylation is 1. The van der Waals surface area contributed by atoms with E-state index < -0.39 is 0 Å². The molecule has 0 radical (unpaired) electrons. The van der Waals surface area contributed by atoms with Crippen LogP contribution in [0, 0.1) is 6.92 Å². The molecule has 0 spiro atoms. The van der Waals surface area contributed by atoms with Gasteiger partial charge in [-0.15, -0.1) is 11.3 Å². The zero-order valence-corrected chi connectivity index (χ0v) is 12.1. The molecule has 0 amide bonds. The Morgan fingerprint density at radius 2 is 2.06 bits per heavy atom. The van der Waals surface area contributed by atoms with E-state index in [1.54, 1.807) is 12.1 Å². The van der Waals surface area contributed by atoms with Crippen LogP contribution in [0.1, 0.15) is 16.3 Å². The first-order valence-electron chi connectivity index (χ1n) is 5.41. The van der Waals surface area contributed by atoms with Gasteiger partial charge in [-0.2, -0.15) is 0 Å². The number of hydrogen-bond donors (Lipinski definition) is 0. The molecule has 0 bridgehead atoms. The first kappa shape index (κ1) is 13.5. The molecule has 0 saturated heterocycles. The Balaban J connectivity index is 2.00. The van der Waals surface area contributed by atoms with Crippen LogP contribution < -0.4 is 0 Å². The fourth-order valence-corrected chi connectivity index (χ4v) is 2.71. The van der Waals surface area contributed by atoms with Crippen LogP contribution in [0.4, 0.5) is 0 Å². The Labute approximate surface area is 120 Å². The van der Waals surface area contributed by atoms with E-state index in [1.807, 2.05) is 18.4 Å². The van der Waals surface area contributed by atoms with E-state index in [1.165, 1.54) is 11.3 Å². The minimum absolute atomic E-state index is 0.128. The second-order valence-electron chi connectivity index (χ2n) is 4.02. The molecule has 0 atom stereocenters. The van der Waals surface area contributed by atoms with Crippen molar-refractivity contribution in [1.29, 1.82) is 0 Å². The smallest absolute Gasteiger partial charge is 0.144 e. The van der Waals surface area contributed by atoms with Crippen molar-refractivity contribution >= 4 is 40.3 Å². The number of benzene rings is 1. The summed E-state index contributed by atoms with van der Waals surface area (Å²) in [6.45, 7) is 1.92. The molecule has 1 heterocycles. The summed E-state index contributed by atoms with van der Waals surface area (Å²) in [4.78, 5) is 16.2. The maximum atomic E-state index is 11.9. The lowest BCUT2D eigenvalue weighted by Crippen LogP contribution is -2.06. The average Bonchev–Trinajstić information content (AvgIpc) is 2.69. The molecule has 18 heavy (non-hydrogen) atoms. The normalized spacial score (nSPS) is 10.6. The summed E-state index contributed by atoms with van der Waals surface area (Å²) in [5.74, 6) is 0.128. The molecule has 0 unspecified atom stereocenters. The largest absolute Gasteiger partial charge is 0.299 e. The lowest BCUT2D eigenvalue weighted by Gasteiger charge is -2.02. The van der Waals surface area contributed by atoms with Crippen LogP contribution in [-0.2, 0) is 17.6 Å². The summed E-state index contributed by atoms with van der Waals surface area (Å²) in [6.07, 6.45) is 0.730. The number of Topliss-reactive ketones (excluding diaryl/α,β-unsaturated/α-hetero) is 1. The summed E-state index contributed by atoms with van der Waals surface area (Å²) in [6, 6.07) is 5.26. The number of rotatable bonds is 4. The molecule has 2 nitrogen and oxygen atoms in total. The average molecular weight is 300 g/mol. The molecule has 94 valence electrons. The van der Waals surface area contributed by atoms with Gasteiger partial charge in [0.05, 0.1) is 16.5 Å². The lowest BCUT2D eigenvalue weighted by molar-refractivity contribution is -0.117. The minimum Gasteiger partial charge on any atom is -0.299 e. The molecular weight excluding hydrogens is 289 g/mol. The van der Waals surface area contributed by atoms with Gasteiger partial charge in [-0.25, -0.2) is 4.98 Å². The lowest BCUT2D eigenvalue weighted by atomic mass is 10.1. The molecule has 2 aromatic rings. The third kappa shape index (κ3) is 3.55. The van der Waals surface area contributed by atoms with Gasteiger partial charge in [-0.1, -0.05) is 29.3 Å². The molecule has 0 fully saturated rings. The van der Waals surface area contributed by atoms with E-state index in [0.717, 1.165) is 16.3 Å². The molecule has 1 aromatic carbocycles. The monoisotopic (exact) mass is 299 g/mol. The van der Waals surface area contributed by atoms with Crippen LogP contribution >= 0.6 is 34.5 Å². The van der Waals surface area contributed by atoms with Crippen molar-refractivity contribution in [3.8, 4) is 0 Å². The summed E-state index contributed by atoms with van der Waals surface area (Å²) in [7, 11) is 0. The topological polar surface area (TPSA) is 30.0 Å². The number of nitrogens with zero attached hydrogens (tertiary/aromatic N) is 1. The van der Waals surface area contributed by atoms with Crippen molar-refractivity contribution in [1.82, 2.24) is 4.98 Å². The Kier molecular flexibility index (Phi) is 4.38.